The van der Waals surface area contributed by atoms with E-state index in [4.69, 9.17) is 0 Å². The number of H-pyrrole nitrogens is 1. The van der Waals surface area contributed by atoms with Crippen molar-refractivity contribution in [3.05, 3.63) is 5.82 Å². The smallest absolute Gasteiger partial charge is 0.233 e. The maximum atomic E-state index is 12.1. The lowest BCUT2D eigenvalue weighted by Crippen LogP contribution is -2.39. The van der Waals surface area contributed by atoms with Gasteiger partial charge in [-0.15, -0.1) is 5.10 Å². The Kier molecular flexibility index (Phi) is 4.63. The highest BCUT2D eigenvalue weighted by atomic mass is 32.2. The Bertz CT molecular complexity index is 401. The molecule has 2 rings (SSSR count). The van der Waals surface area contributed by atoms with Gasteiger partial charge in [-0.25, -0.2) is 4.98 Å². The number of nitrogens with zero attached hydrogens (tertiary/aromatic N) is 3. The summed E-state index contributed by atoms with van der Waals surface area (Å²) in [5.74, 6) is 1.38. The molecule has 0 radical (unpaired) electrons. The van der Waals surface area contributed by atoms with Gasteiger partial charge in [-0.1, -0.05) is 31.0 Å². The highest BCUT2D eigenvalue weighted by Gasteiger charge is 2.22. The molecule has 0 aliphatic heterocycles. The molecule has 1 N–H and O–H groups in total. The third kappa shape index (κ3) is 3.48. The zero-order chi connectivity index (χ0) is 13.0. The predicted molar refractivity (Wildman–Crippen MR) is 71.5 cm³/mol. The Labute approximate surface area is 112 Å². The summed E-state index contributed by atoms with van der Waals surface area (Å²) in [5.41, 5.74) is 0. The number of carbonyl (C=O) groups excluding carboxylic acids is 1. The molecule has 0 bridgehead atoms. The fourth-order valence-electron chi connectivity index (χ4n) is 2.29. The standard InChI is InChI=1S/C12H20N4OS/c1-9-13-12(15-14-9)18-8-11(17)16(2)10-6-4-3-5-7-10/h10H,3-8H2,1-2H3,(H,13,14,15). The Hall–Kier alpha value is -1.04. The lowest BCUT2D eigenvalue weighted by atomic mass is 9.94. The summed E-state index contributed by atoms with van der Waals surface area (Å²) < 4.78 is 0. The number of amides is 1. The minimum absolute atomic E-state index is 0.175. The molecule has 1 fully saturated rings. The van der Waals surface area contributed by atoms with Gasteiger partial charge in [0.1, 0.15) is 5.82 Å². The predicted octanol–water partition coefficient (Wildman–Crippen LogP) is 2.00. The van der Waals surface area contributed by atoms with E-state index in [0.29, 0.717) is 17.0 Å². The normalized spacial score (nSPS) is 16.8. The van der Waals surface area contributed by atoms with Gasteiger partial charge in [-0.3, -0.25) is 9.89 Å². The molecular weight excluding hydrogens is 248 g/mol. The van der Waals surface area contributed by atoms with Crippen LogP contribution in [0.2, 0.25) is 0 Å². The number of aromatic nitrogens is 3. The highest BCUT2D eigenvalue weighted by Crippen LogP contribution is 2.22. The average Bonchev–Trinajstić information content (AvgIpc) is 2.82. The molecule has 1 aliphatic rings. The van der Waals surface area contributed by atoms with Crippen LogP contribution in [-0.4, -0.2) is 44.8 Å². The van der Waals surface area contributed by atoms with Gasteiger partial charge in [0, 0.05) is 13.1 Å². The second kappa shape index (κ2) is 6.22. The molecule has 1 heterocycles. The van der Waals surface area contributed by atoms with Crippen molar-refractivity contribution in [3.63, 3.8) is 0 Å². The average molecular weight is 268 g/mol. The molecule has 0 unspecified atom stereocenters. The van der Waals surface area contributed by atoms with Crippen LogP contribution in [0.4, 0.5) is 0 Å². The molecule has 100 valence electrons. The van der Waals surface area contributed by atoms with Crippen molar-refractivity contribution in [2.24, 2.45) is 0 Å². The van der Waals surface area contributed by atoms with E-state index in [9.17, 15) is 4.79 Å². The molecule has 1 aromatic heterocycles. The molecule has 1 amide bonds. The van der Waals surface area contributed by atoms with Crippen LogP contribution in [-0.2, 0) is 4.79 Å². The summed E-state index contributed by atoms with van der Waals surface area (Å²) in [6.45, 7) is 1.85. The van der Waals surface area contributed by atoms with Crippen molar-refractivity contribution in [1.82, 2.24) is 20.1 Å². The van der Waals surface area contributed by atoms with Crippen LogP contribution in [0, 0.1) is 6.92 Å². The van der Waals surface area contributed by atoms with Gasteiger partial charge in [0.2, 0.25) is 11.1 Å². The van der Waals surface area contributed by atoms with E-state index in [1.54, 1.807) is 0 Å². The van der Waals surface area contributed by atoms with E-state index in [1.807, 2.05) is 18.9 Å². The first-order chi connectivity index (χ1) is 8.66. The molecule has 1 aliphatic carbocycles. The largest absolute Gasteiger partial charge is 0.342 e. The van der Waals surface area contributed by atoms with Gasteiger partial charge in [0.15, 0.2) is 0 Å². The summed E-state index contributed by atoms with van der Waals surface area (Å²) in [5, 5.41) is 7.44. The van der Waals surface area contributed by atoms with E-state index < -0.39 is 0 Å². The second-order valence-electron chi connectivity index (χ2n) is 4.79. The summed E-state index contributed by atoms with van der Waals surface area (Å²) in [6, 6.07) is 0.431. The third-order valence-electron chi connectivity index (χ3n) is 3.42. The van der Waals surface area contributed by atoms with Crippen molar-refractivity contribution < 1.29 is 4.79 Å². The second-order valence-corrected chi connectivity index (χ2v) is 5.73. The monoisotopic (exact) mass is 268 g/mol. The van der Waals surface area contributed by atoms with Crippen LogP contribution in [0.15, 0.2) is 5.16 Å². The van der Waals surface area contributed by atoms with Crippen LogP contribution in [0.5, 0.6) is 0 Å². The number of thioether (sulfide) groups is 1. The van der Waals surface area contributed by atoms with Gasteiger partial charge in [0.05, 0.1) is 5.75 Å². The fourth-order valence-corrected chi connectivity index (χ4v) is 3.05. The zero-order valence-corrected chi connectivity index (χ0v) is 11.8. The van der Waals surface area contributed by atoms with E-state index in [1.165, 1.54) is 31.0 Å². The summed E-state index contributed by atoms with van der Waals surface area (Å²) >= 11 is 1.40. The van der Waals surface area contributed by atoms with Crippen molar-refractivity contribution in [2.75, 3.05) is 12.8 Å². The molecule has 5 nitrogen and oxygen atoms in total. The topological polar surface area (TPSA) is 61.9 Å². The number of carbonyl (C=O) groups is 1. The van der Waals surface area contributed by atoms with E-state index in [2.05, 4.69) is 15.2 Å². The molecule has 0 atom stereocenters. The number of nitrogens with one attached hydrogen (secondary N) is 1. The third-order valence-corrected chi connectivity index (χ3v) is 4.25. The summed E-state index contributed by atoms with van der Waals surface area (Å²) in [7, 11) is 1.92. The van der Waals surface area contributed by atoms with Crippen LogP contribution in [0.1, 0.15) is 37.9 Å². The van der Waals surface area contributed by atoms with E-state index >= 15 is 0 Å². The quantitative estimate of drug-likeness (QED) is 0.848. The molecule has 0 aromatic carbocycles. The molecular formula is C12H20N4OS. The van der Waals surface area contributed by atoms with Gasteiger partial charge in [0.25, 0.3) is 0 Å². The first-order valence-electron chi connectivity index (χ1n) is 6.44. The van der Waals surface area contributed by atoms with Crippen molar-refractivity contribution in [1.29, 1.82) is 0 Å². The number of aromatic amines is 1. The van der Waals surface area contributed by atoms with Crippen LogP contribution in [0.25, 0.3) is 0 Å². The Morgan fingerprint density at radius 2 is 2.17 bits per heavy atom. The summed E-state index contributed by atoms with van der Waals surface area (Å²) in [6.07, 6.45) is 6.09. The van der Waals surface area contributed by atoms with Gasteiger partial charge < -0.3 is 4.90 Å². The minimum Gasteiger partial charge on any atom is -0.342 e. The lowest BCUT2D eigenvalue weighted by Gasteiger charge is -2.31. The van der Waals surface area contributed by atoms with Gasteiger partial charge >= 0.3 is 0 Å². The Morgan fingerprint density at radius 1 is 1.44 bits per heavy atom. The van der Waals surface area contributed by atoms with Crippen LogP contribution >= 0.6 is 11.8 Å². The zero-order valence-electron chi connectivity index (χ0n) is 11.0. The first-order valence-corrected chi connectivity index (χ1v) is 7.43. The Balaban J connectivity index is 1.79. The Morgan fingerprint density at radius 3 is 2.78 bits per heavy atom. The maximum Gasteiger partial charge on any atom is 0.233 e. The first kappa shape index (κ1) is 13.4. The van der Waals surface area contributed by atoms with Crippen molar-refractivity contribution in [2.45, 2.75) is 50.2 Å². The lowest BCUT2D eigenvalue weighted by molar-refractivity contribution is -0.129. The number of hydrogen-bond donors (Lipinski definition) is 1. The van der Waals surface area contributed by atoms with Gasteiger partial charge in [-0.2, -0.15) is 0 Å². The minimum atomic E-state index is 0.175. The molecule has 0 spiro atoms. The molecule has 6 heteroatoms. The van der Waals surface area contributed by atoms with Crippen LogP contribution < -0.4 is 0 Å². The molecule has 18 heavy (non-hydrogen) atoms. The summed E-state index contributed by atoms with van der Waals surface area (Å²) in [4.78, 5) is 18.2. The van der Waals surface area contributed by atoms with Crippen molar-refractivity contribution in [3.8, 4) is 0 Å². The number of hydrogen-bond acceptors (Lipinski definition) is 4. The van der Waals surface area contributed by atoms with E-state index in [0.717, 1.165) is 18.7 Å². The van der Waals surface area contributed by atoms with Crippen molar-refractivity contribution >= 4 is 17.7 Å². The number of aryl methyl sites for hydroxylation is 1. The molecule has 0 saturated heterocycles. The molecule has 1 aromatic rings. The van der Waals surface area contributed by atoms with Crippen LogP contribution in [0.3, 0.4) is 0 Å². The molecule has 1 saturated carbocycles. The fraction of sp³-hybridized carbons (Fsp3) is 0.750. The SMILES string of the molecule is Cc1nc(SCC(=O)N(C)C2CCCCC2)n[nH]1. The van der Waals surface area contributed by atoms with E-state index in [-0.39, 0.29) is 5.91 Å². The van der Waals surface area contributed by atoms with Gasteiger partial charge in [-0.05, 0) is 19.8 Å². The highest BCUT2D eigenvalue weighted by molar-refractivity contribution is 7.99. The maximum absolute atomic E-state index is 12.1. The number of rotatable bonds is 4.